The summed E-state index contributed by atoms with van der Waals surface area (Å²) in [5.41, 5.74) is -0.187. The number of amides is 1. The zero-order chi connectivity index (χ0) is 11.7. The molecule has 0 heterocycles. The number of hydrogen-bond acceptors (Lipinski definition) is 4. The highest BCUT2D eigenvalue weighted by molar-refractivity contribution is 5.78. The van der Waals surface area contributed by atoms with Crippen LogP contribution in [0.5, 0.6) is 0 Å². The molecule has 1 amide bonds. The van der Waals surface area contributed by atoms with Crippen LogP contribution in [-0.4, -0.2) is 52.0 Å². The molecule has 5 nitrogen and oxygen atoms in total. The van der Waals surface area contributed by atoms with Crippen molar-refractivity contribution in [2.75, 3.05) is 40.5 Å². The summed E-state index contributed by atoms with van der Waals surface area (Å²) in [5.74, 6) is -0.0313. The summed E-state index contributed by atoms with van der Waals surface area (Å²) in [6.45, 7) is 5.91. The van der Waals surface area contributed by atoms with Crippen LogP contribution >= 0.6 is 0 Å². The highest BCUT2D eigenvalue weighted by Crippen LogP contribution is 2.00. The van der Waals surface area contributed by atoms with Gasteiger partial charge in [0, 0.05) is 26.3 Å². The van der Waals surface area contributed by atoms with Crippen molar-refractivity contribution >= 4 is 5.91 Å². The Bertz CT molecular complexity index is 184. The average molecular weight is 218 g/mol. The molecular formula is C10H22N2O3. The summed E-state index contributed by atoms with van der Waals surface area (Å²) < 4.78 is 9.84. The zero-order valence-corrected chi connectivity index (χ0v) is 10.1. The Kier molecular flexibility index (Phi) is 7.29. The minimum absolute atomic E-state index is 0.0313. The van der Waals surface area contributed by atoms with Crippen LogP contribution in [0.2, 0.25) is 0 Å². The molecule has 5 heteroatoms. The van der Waals surface area contributed by atoms with Gasteiger partial charge in [-0.2, -0.15) is 0 Å². The number of nitrogens with one attached hydrogen (secondary N) is 2. The second kappa shape index (κ2) is 7.62. The van der Waals surface area contributed by atoms with E-state index in [0.29, 0.717) is 26.3 Å². The summed E-state index contributed by atoms with van der Waals surface area (Å²) >= 11 is 0. The predicted molar refractivity (Wildman–Crippen MR) is 58.8 cm³/mol. The lowest BCUT2D eigenvalue weighted by Crippen LogP contribution is -2.48. The summed E-state index contributed by atoms with van der Waals surface area (Å²) in [6.07, 6.45) is 0. The van der Waals surface area contributed by atoms with Crippen molar-refractivity contribution in [1.29, 1.82) is 0 Å². The van der Waals surface area contributed by atoms with Crippen molar-refractivity contribution in [1.82, 2.24) is 10.6 Å². The fourth-order valence-corrected chi connectivity index (χ4v) is 1.09. The highest BCUT2D eigenvalue weighted by Gasteiger charge is 2.17. The third-order valence-electron chi connectivity index (χ3n) is 1.86. The van der Waals surface area contributed by atoms with Gasteiger partial charge in [0.05, 0.1) is 19.8 Å². The number of hydrogen-bond donors (Lipinski definition) is 2. The lowest BCUT2D eigenvalue weighted by molar-refractivity contribution is -0.120. The Hall–Kier alpha value is -0.650. The number of ether oxygens (including phenoxy) is 2. The molecule has 0 spiro atoms. The van der Waals surface area contributed by atoms with Gasteiger partial charge < -0.3 is 20.1 Å². The molecule has 0 aromatic heterocycles. The van der Waals surface area contributed by atoms with E-state index in [1.807, 2.05) is 13.8 Å². The number of carbonyl (C=O) groups is 1. The van der Waals surface area contributed by atoms with E-state index < -0.39 is 0 Å². The van der Waals surface area contributed by atoms with E-state index in [1.165, 1.54) is 0 Å². The first-order valence-electron chi connectivity index (χ1n) is 5.01. The van der Waals surface area contributed by atoms with Gasteiger partial charge in [0.25, 0.3) is 0 Å². The Labute approximate surface area is 91.5 Å². The summed E-state index contributed by atoms with van der Waals surface area (Å²) in [7, 11) is 3.24. The molecule has 0 saturated heterocycles. The zero-order valence-electron chi connectivity index (χ0n) is 10.1. The normalized spacial score (nSPS) is 11.5. The van der Waals surface area contributed by atoms with Gasteiger partial charge in [-0.15, -0.1) is 0 Å². The van der Waals surface area contributed by atoms with E-state index in [2.05, 4.69) is 10.6 Å². The van der Waals surface area contributed by atoms with Crippen LogP contribution in [0.4, 0.5) is 0 Å². The molecule has 0 aliphatic heterocycles. The van der Waals surface area contributed by atoms with Crippen molar-refractivity contribution in [3.8, 4) is 0 Å². The maximum atomic E-state index is 11.3. The second-order valence-electron chi connectivity index (χ2n) is 4.01. The largest absolute Gasteiger partial charge is 0.383 e. The first-order valence-corrected chi connectivity index (χ1v) is 5.01. The van der Waals surface area contributed by atoms with Crippen molar-refractivity contribution in [2.24, 2.45) is 0 Å². The molecule has 0 aromatic carbocycles. The van der Waals surface area contributed by atoms with Crippen molar-refractivity contribution in [2.45, 2.75) is 19.4 Å². The third-order valence-corrected chi connectivity index (χ3v) is 1.86. The van der Waals surface area contributed by atoms with Gasteiger partial charge in [-0.25, -0.2) is 0 Å². The van der Waals surface area contributed by atoms with E-state index in [1.54, 1.807) is 14.2 Å². The van der Waals surface area contributed by atoms with E-state index in [-0.39, 0.29) is 11.4 Å². The monoisotopic (exact) mass is 218 g/mol. The summed E-state index contributed by atoms with van der Waals surface area (Å²) in [6, 6.07) is 0. The summed E-state index contributed by atoms with van der Waals surface area (Å²) in [4.78, 5) is 11.3. The Morgan fingerprint density at radius 3 is 2.47 bits per heavy atom. The van der Waals surface area contributed by atoms with E-state index in [9.17, 15) is 4.79 Å². The van der Waals surface area contributed by atoms with Gasteiger partial charge in [-0.3, -0.25) is 4.79 Å². The molecule has 0 aliphatic rings. The molecule has 0 unspecified atom stereocenters. The molecule has 0 atom stereocenters. The van der Waals surface area contributed by atoms with Gasteiger partial charge in [-0.05, 0) is 13.8 Å². The first-order chi connectivity index (χ1) is 7.02. The molecule has 0 saturated carbocycles. The Morgan fingerprint density at radius 1 is 1.27 bits per heavy atom. The van der Waals surface area contributed by atoms with Gasteiger partial charge in [-0.1, -0.05) is 0 Å². The third kappa shape index (κ3) is 8.35. The van der Waals surface area contributed by atoms with Crippen LogP contribution < -0.4 is 10.6 Å². The van der Waals surface area contributed by atoms with E-state index >= 15 is 0 Å². The second-order valence-corrected chi connectivity index (χ2v) is 4.01. The number of rotatable bonds is 8. The molecule has 90 valence electrons. The van der Waals surface area contributed by atoms with Gasteiger partial charge in [0.15, 0.2) is 0 Å². The maximum absolute atomic E-state index is 11.3. The number of carbonyl (C=O) groups excluding carboxylic acids is 1. The van der Waals surface area contributed by atoms with Crippen LogP contribution in [0.15, 0.2) is 0 Å². The smallest absolute Gasteiger partial charge is 0.234 e. The first kappa shape index (κ1) is 14.3. The summed E-state index contributed by atoms with van der Waals surface area (Å²) in [5, 5.41) is 5.84. The molecular weight excluding hydrogens is 196 g/mol. The van der Waals surface area contributed by atoms with E-state index in [0.717, 1.165) is 0 Å². The Balaban J connectivity index is 3.60. The molecule has 2 N–H and O–H groups in total. The SMILES string of the molecule is COCCNC(=O)CNC(C)(C)COC. The molecule has 0 bridgehead atoms. The lowest BCUT2D eigenvalue weighted by Gasteiger charge is -2.24. The van der Waals surface area contributed by atoms with Crippen LogP contribution in [0.3, 0.4) is 0 Å². The van der Waals surface area contributed by atoms with Crippen molar-refractivity contribution in [3.05, 3.63) is 0 Å². The fraction of sp³-hybridized carbons (Fsp3) is 0.900. The average Bonchev–Trinajstić information content (AvgIpc) is 2.15. The molecule has 0 fully saturated rings. The minimum Gasteiger partial charge on any atom is -0.383 e. The number of methoxy groups -OCH3 is 2. The van der Waals surface area contributed by atoms with Gasteiger partial charge >= 0.3 is 0 Å². The van der Waals surface area contributed by atoms with Crippen LogP contribution in [-0.2, 0) is 14.3 Å². The van der Waals surface area contributed by atoms with Crippen LogP contribution in [0, 0.1) is 0 Å². The molecule has 0 radical (unpaired) electrons. The molecule has 0 aliphatic carbocycles. The highest BCUT2D eigenvalue weighted by atomic mass is 16.5. The van der Waals surface area contributed by atoms with Crippen molar-refractivity contribution < 1.29 is 14.3 Å². The van der Waals surface area contributed by atoms with Crippen molar-refractivity contribution in [3.63, 3.8) is 0 Å². The molecule has 15 heavy (non-hydrogen) atoms. The van der Waals surface area contributed by atoms with E-state index in [4.69, 9.17) is 9.47 Å². The quantitative estimate of drug-likeness (QED) is 0.552. The lowest BCUT2D eigenvalue weighted by atomic mass is 10.1. The topological polar surface area (TPSA) is 59.6 Å². The van der Waals surface area contributed by atoms with Gasteiger partial charge in [0.1, 0.15) is 0 Å². The maximum Gasteiger partial charge on any atom is 0.234 e. The van der Waals surface area contributed by atoms with Crippen LogP contribution in [0.1, 0.15) is 13.8 Å². The minimum atomic E-state index is -0.187. The Morgan fingerprint density at radius 2 is 1.93 bits per heavy atom. The predicted octanol–water partition coefficient (Wildman–Crippen LogP) is -0.236. The molecule has 0 rings (SSSR count). The standard InChI is InChI=1S/C10H22N2O3/c1-10(2,8-15-4)12-7-9(13)11-5-6-14-3/h12H,5-8H2,1-4H3,(H,11,13). The van der Waals surface area contributed by atoms with Crippen LogP contribution in [0.25, 0.3) is 0 Å². The molecule has 0 aromatic rings. The van der Waals surface area contributed by atoms with Gasteiger partial charge in [0.2, 0.25) is 5.91 Å². The fourth-order valence-electron chi connectivity index (χ4n) is 1.09.